The number of hydrogen-bond acceptors (Lipinski definition) is 6. The number of benzene rings is 1. The van der Waals surface area contributed by atoms with Gasteiger partial charge in [-0.2, -0.15) is 5.26 Å². The topological polar surface area (TPSA) is 89.5 Å². The molecular weight excluding hydrogens is 286 g/mol. The average Bonchev–Trinajstić information content (AvgIpc) is 2.53. The third kappa shape index (κ3) is 3.85. The Balaban J connectivity index is 1.97. The SMILES string of the molecule is COC(=O)CCCCOc1ccc2cc(C#N)c(=O)oc2c1. The first-order valence-electron chi connectivity index (χ1n) is 6.81. The Kier molecular flexibility index (Phi) is 5.15. The Morgan fingerprint density at radius 1 is 1.32 bits per heavy atom. The molecule has 22 heavy (non-hydrogen) atoms. The van der Waals surface area contributed by atoms with Crippen molar-refractivity contribution in [3.8, 4) is 11.8 Å². The molecule has 0 amide bonds. The molecule has 0 aliphatic rings. The van der Waals surface area contributed by atoms with Crippen LogP contribution in [0.2, 0.25) is 0 Å². The zero-order chi connectivity index (χ0) is 15.9. The quantitative estimate of drug-likeness (QED) is 0.462. The number of rotatable bonds is 6. The molecule has 0 bridgehead atoms. The second-order valence-electron chi connectivity index (χ2n) is 4.64. The van der Waals surface area contributed by atoms with E-state index in [2.05, 4.69) is 4.74 Å². The van der Waals surface area contributed by atoms with Crippen molar-refractivity contribution in [3.63, 3.8) is 0 Å². The standard InChI is InChI=1S/C16H15NO5/c1-20-15(18)4-2-3-7-21-13-6-5-11-8-12(10-17)16(19)22-14(11)9-13/h5-6,8-9H,2-4,7H2,1H3. The Labute approximate surface area is 126 Å². The fourth-order valence-electron chi connectivity index (χ4n) is 1.92. The van der Waals surface area contributed by atoms with E-state index in [4.69, 9.17) is 14.4 Å². The number of carbonyl (C=O) groups excluding carboxylic acids is 1. The number of fused-ring (bicyclic) bond motifs is 1. The van der Waals surface area contributed by atoms with Gasteiger partial charge >= 0.3 is 11.6 Å². The van der Waals surface area contributed by atoms with Crippen LogP contribution in [-0.2, 0) is 9.53 Å². The summed E-state index contributed by atoms with van der Waals surface area (Å²) in [6.45, 7) is 0.447. The number of methoxy groups -OCH3 is 1. The molecule has 0 fully saturated rings. The van der Waals surface area contributed by atoms with Gasteiger partial charge in [-0.15, -0.1) is 0 Å². The summed E-state index contributed by atoms with van der Waals surface area (Å²) in [5.74, 6) is 0.333. The van der Waals surface area contributed by atoms with Gasteiger partial charge in [-0.1, -0.05) is 0 Å². The van der Waals surface area contributed by atoms with E-state index < -0.39 is 5.63 Å². The van der Waals surface area contributed by atoms with Crippen LogP contribution in [-0.4, -0.2) is 19.7 Å². The fourth-order valence-corrected chi connectivity index (χ4v) is 1.92. The third-order valence-corrected chi connectivity index (χ3v) is 3.10. The van der Waals surface area contributed by atoms with Gasteiger partial charge in [0.05, 0.1) is 13.7 Å². The van der Waals surface area contributed by atoms with Crippen LogP contribution in [0.15, 0.2) is 33.5 Å². The monoisotopic (exact) mass is 301 g/mol. The summed E-state index contributed by atoms with van der Waals surface area (Å²) in [4.78, 5) is 22.4. The van der Waals surface area contributed by atoms with E-state index in [1.165, 1.54) is 13.2 Å². The molecule has 1 aromatic heterocycles. The summed E-state index contributed by atoms with van der Waals surface area (Å²) in [6, 6.07) is 8.35. The lowest BCUT2D eigenvalue weighted by Gasteiger charge is -2.06. The van der Waals surface area contributed by atoms with Gasteiger partial charge in [-0.3, -0.25) is 4.79 Å². The summed E-state index contributed by atoms with van der Waals surface area (Å²) in [6.07, 6.45) is 1.76. The number of esters is 1. The minimum Gasteiger partial charge on any atom is -0.493 e. The average molecular weight is 301 g/mol. The Morgan fingerprint density at radius 2 is 2.14 bits per heavy atom. The molecule has 0 spiro atoms. The molecular formula is C16H15NO5. The van der Waals surface area contributed by atoms with Gasteiger partial charge in [0, 0.05) is 17.9 Å². The van der Waals surface area contributed by atoms with Crippen LogP contribution in [0, 0.1) is 11.3 Å². The second kappa shape index (κ2) is 7.27. The molecule has 0 radical (unpaired) electrons. The van der Waals surface area contributed by atoms with Crippen LogP contribution in [0.5, 0.6) is 5.75 Å². The van der Waals surface area contributed by atoms with Crippen molar-refractivity contribution in [1.29, 1.82) is 5.26 Å². The second-order valence-corrected chi connectivity index (χ2v) is 4.64. The highest BCUT2D eigenvalue weighted by Gasteiger charge is 2.06. The molecule has 0 saturated carbocycles. The summed E-state index contributed by atoms with van der Waals surface area (Å²) in [5, 5.41) is 9.45. The van der Waals surface area contributed by atoms with Gasteiger partial charge in [0.15, 0.2) is 0 Å². The summed E-state index contributed by atoms with van der Waals surface area (Å²) in [5.41, 5.74) is -0.315. The van der Waals surface area contributed by atoms with Gasteiger partial charge in [0.25, 0.3) is 0 Å². The lowest BCUT2D eigenvalue weighted by atomic mass is 10.2. The van der Waals surface area contributed by atoms with E-state index in [9.17, 15) is 9.59 Å². The van der Waals surface area contributed by atoms with Crippen LogP contribution < -0.4 is 10.4 Å². The first kappa shape index (κ1) is 15.6. The van der Waals surface area contributed by atoms with Crippen molar-refractivity contribution in [2.24, 2.45) is 0 Å². The Bertz CT molecular complexity index is 772. The van der Waals surface area contributed by atoms with Gasteiger partial charge < -0.3 is 13.9 Å². The van der Waals surface area contributed by atoms with Crippen LogP contribution >= 0.6 is 0 Å². The maximum atomic E-state index is 11.5. The molecule has 0 aliphatic heterocycles. The number of carbonyl (C=O) groups is 1. The van der Waals surface area contributed by atoms with Crippen molar-refractivity contribution < 1.29 is 18.7 Å². The molecule has 6 nitrogen and oxygen atoms in total. The van der Waals surface area contributed by atoms with Crippen LogP contribution in [0.3, 0.4) is 0 Å². The minimum absolute atomic E-state index is 0.0241. The molecule has 6 heteroatoms. The number of unbranched alkanes of at least 4 members (excludes halogenated alkanes) is 1. The highest BCUT2D eigenvalue weighted by molar-refractivity contribution is 5.79. The first-order chi connectivity index (χ1) is 10.6. The number of ether oxygens (including phenoxy) is 2. The summed E-state index contributed by atoms with van der Waals surface area (Å²) >= 11 is 0. The van der Waals surface area contributed by atoms with Crippen LogP contribution in [0.25, 0.3) is 11.0 Å². The maximum Gasteiger partial charge on any atom is 0.354 e. The molecule has 114 valence electrons. The van der Waals surface area contributed by atoms with Crippen molar-refractivity contribution >= 4 is 16.9 Å². The van der Waals surface area contributed by atoms with E-state index in [1.54, 1.807) is 24.3 Å². The summed E-state index contributed by atoms with van der Waals surface area (Å²) < 4.78 is 15.2. The van der Waals surface area contributed by atoms with Gasteiger partial charge in [-0.05, 0) is 31.0 Å². The first-order valence-corrected chi connectivity index (χ1v) is 6.81. The summed E-state index contributed by atoms with van der Waals surface area (Å²) in [7, 11) is 1.36. The smallest absolute Gasteiger partial charge is 0.354 e. The van der Waals surface area contributed by atoms with Gasteiger partial charge in [-0.25, -0.2) is 4.79 Å². The highest BCUT2D eigenvalue weighted by atomic mass is 16.5. The Morgan fingerprint density at radius 3 is 2.86 bits per heavy atom. The van der Waals surface area contributed by atoms with Crippen molar-refractivity contribution in [2.45, 2.75) is 19.3 Å². The largest absolute Gasteiger partial charge is 0.493 e. The fraction of sp³-hybridized carbons (Fsp3) is 0.312. The maximum absolute atomic E-state index is 11.5. The molecule has 0 saturated heterocycles. The Hall–Kier alpha value is -2.81. The highest BCUT2D eigenvalue weighted by Crippen LogP contribution is 2.20. The van der Waals surface area contributed by atoms with Crippen molar-refractivity contribution in [1.82, 2.24) is 0 Å². The predicted octanol–water partition coefficient (Wildman–Crippen LogP) is 2.39. The van der Waals surface area contributed by atoms with Crippen LogP contribution in [0.4, 0.5) is 0 Å². The molecule has 2 rings (SSSR count). The van der Waals surface area contributed by atoms with Gasteiger partial charge in [0.1, 0.15) is 23.0 Å². The number of nitrogens with zero attached hydrogens (tertiary/aromatic N) is 1. The van der Waals surface area contributed by atoms with Crippen molar-refractivity contribution in [3.05, 3.63) is 40.2 Å². The van der Waals surface area contributed by atoms with E-state index in [1.807, 2.05) is 0 Å². The number of hydrogen-bond donors (Lipinski definition) is 0. The minimum atomic E-state index is -0.662. The molecule has 0 aliphatic carbocycles. The number of nitriles is 1. The molecule has 0 unspecified atom stereocenters. The lowest BCUT2D eigenvalue weighted by Crippen LogP contribution is -2.04. The third-order valence-electron chi connectivity index (χ3n) is 3.10. The van der Waals surface area contributed by atoms with Crippen molar-refractivity contribution in [2.75, 3.05) is 13.7 Å². The normalized spacial score (nSPS) is 10.2. The van der Waals surface area contributed by atoms with Gasteiger partial charge in [0.2, 0.25) is 0 Å². The molecule has 0 atom stereocenters. The zero-order valence-corrected chi connectivity index (χ0v) is 12.1. The lowest BCUT2D eigenvalue weighted by molar-refractivity contribution is -0.140. The molecule has 0 N–H and O–H groups in total. The zero-order valence-electron chi connectivity index (χ0n) is 12.1. The van der Waals surface area contributed by atoms with E-state index in [-0.39, 0.29) is 11.5 Å². The van der Waals surface area contributed by atoms with E-state index in [0.29, 0.717) is 42.6 Å². The van der Waals surface area contributed by atoms with E-state index >= 15 is 0 Å². The molecule has 1 aromatic carbocycles. The van der Waals surface area contributed by atoms with Crippen LogP contribution in [0.1, 0.15) is 24.8 Å². The van der Waals surface area contributed by atoms with E-state index in [0.717, 1.165) is 0 Å². The predicted molar refractivity (Wildman–Crippen MR) is 78.6 cm³/mol. The molecule has 1 heterocycles. The molecule has 2 aromatic rings.